The van der Waals surface area contributed by atoms with E-state index in [0.717, 1.165) is 36.0 Å². The Kier molecular flexibility index (Phi) is 7.66. The van der Waals surface area contributed by atoms with E-state index < -0.39 is 0 Å². The maximum Gasteiger partial charge on any atom is 0.230 e. The highest BCUT2D eigenvalue weighted by molar-refractivity contribution is 9.10. The second-order valence-corrected chi connectivity index (χ2v) is 6.00. The number of rotatable bonds is 8. The average Bonchev–Trinajstić information content (AvgIpc) is 3.25. The first-order valence-corrected chi connectivity index (χ1v) is 7.72. The van der Waals surface area contributed by atoms with Gasteiger partial charge in [-0.05, 0) is 30.5 Å². The first-order chi connectivity index (χ1) is 9.69. The van der Waals surface area contributed by atoms with Crippen molar-refractivity contribution in [2.45, 2.75) is 18.3 Å². The summed E-state index contributed by atoms with van der Waals surface area (Å²) in [6, 6.07) is 8.06. The second-order valence-electron chi connectivity index (χ2n) is 5.09. The lowest BCUT2D eigenvalue weighted by molar-refractivity contribution is -0.123. The molecular weight excluding hydrogens is 356 g/mol. The Balaban J connectivity index is 0.00000220. The fourth-order valence-corrected chi connectivity index (χ4v) is 2.54. The number of ether oxygens (including phenoxy) is 1. The first-order valence-electron chi connectivity index (χ1n) is 6.93. The molecule has 0 atom stereocenters. The van der Waals surface area contributed by atoms with Crippen molar-refractivity contribution >= 4 is 34.2 Å². The van der Waals surface area contributed by atoms with E-state index in [1.807, 2.05) is 24.3 Å². The molecule has 118 valence electrons. The number of methoxy groups -OCH3 is 1. The summed E-state index contributed by atoms with van der Waals surface area (Å²) in [5.74, 6) is 0.147. The van der Waals surface area contributed by atoms with E-state index in [2.05, 4.69) is 26.6 Å². The number of carbonyl (C=O) groups is 1. The summed E-state index contributed by atoms with van der Waals surface area (Å²) in [5.41, 5.74) is 0.832. The van der Waals surface area contributed by atoms with Crippen molar-refractivity contribution in [2.24, 2.45) is 0 Å². The SMILES string of the molecule is COCCNCCNC(=O)C1(c2ccc(Br)cc2)CC1.Cl. The van der Waals surface area contributed by atoms with Crippen LogP contribution in [0.5, 0.6) is 0 Å². The number of carbonyl (C=O) groups excluding carboxylic acids is 1. The summed E-state index contributed by atoms with van der Waals surface area (Å²) < 4.78 is 5.99. The molecule has 2 rings (SSSR count). The van der Waals surface area contributed by atoms with Crippen LogP contribution in [-0.2, 0) is 14.9 Å². The standard InChI is InChI=1S/C15H21BrN2O2.ClH/c1-20-11-10-17-8-9-18-14(19)15(6-7-15)12-2-4-13(16)5-3-12;/h2-5,17H,6-11H2,1H3,(H,18,19);1H. The van der Waals surface area contributed by atoms with Crippen LogP contribution in [0, 0.1) is 0 Å². The molecule has 0 unspecified atom stereocenters. The zero-order valence-corrected chi connectivity index (χ0v) is 14.6. The van der Waals surface area contributed by atoms with E-state index in [1.54, 1.807) is 7.11 Å². The van der Waals surface area contributed by atoms with Crippen LogP contribution in [0.2, 0.25) is 0 Å². The molecular formula is C15H22BrClN2O2. The van der Waals surface area contributed by atoms with Crippen LogP contribution >= 0.6 is 28.3 Å². The van der Waals surface area contributed by atoms with Crippen LogP contribution in [-0.4, -0.2) is 39.3 Å². The summed E-state index contributed by atoms with van der Waals surface area (Å²) >= 11 is 3.42. The number of hydrogen-bond acceptors (Lipinski definition) is 3. The van der Waals surface area contributed by atoms with Gasteiger partial charge in [0.1, 0.15) is 0 Å². The van der Waals surface area contributed by atoms with Gasteiger partial charge in [-0.2, -0.15) is 0 Å². The van der Waals surface area contributed by atoms with Crippen LogP contribution in [0.25, 0.3) is 0 Å². The Morgan fingerprint density at radius 3 is 2.48 bits per heavy atom. The molecule has 0 aromatic heterocycles. The summed E-state index contributed by atoms with van der Waals surface area (Å²) in [5, 5.41) is 6.24. The van der Waals surface area contributed by atoms with Gasteiger partial charge >= 0.3 is 0 Å². The number of amides is 1. The normalized spacial score (nSPS) is 15.1. The number of benzene rings is 1. The van der Waals surface area contributed by atoms with Crippen molar-refractivity contribution < 1.29 is 9.53 Å². The second kappa shape index (κ2) is 8.73. The van der Waals surface area contributed by atoms with Crippen LogP contribution in [0.4, 0.5) is 0 Å². The molecule has 4 nitrogen and oxygen atoms in total. The predicted molar refractivity (Wildman–Crippen MR) is 90.1 cm³/mol. The van der Waals surface area contributed by atoms with Crippen molar-refractivity contribution in [3.05, 3.63) is 34.3 Å². The van der Waals surface area contributed by atoms with Crippen LogP contribution in [0.15, 0.2) is 28.7 Å². The molecule has 1 aliphatic carbocycles. The molecule has 1 aromatic carbocycles. The average molecular weight is 378 g/mol. The maximum atomic E-state index is 12.3. The van der Waals surface area contributed by atoms with E-state index in [4.69, 9.17) is 4.74 Å². The van der Waals surface area contributed by atoms with E-state index in [0.29, 0.717) is 13.2 Å². The van der Waals surface area contributed by atoms with Gasteiger partial charge in [0.2, 0.25) is 5.91 Å². The third-order valence-corrected chi connectivity index (χ3v) is 4.18. The Morgan fingerprint density at radius 1 is 1.24 bits per heavy atom. The molecule has 1 aromatic rings. The molecule has 1 aliphatic rings. The van der Waals surface area contributed by atoms with Gasteiger partial charge in [-0.15, -0.1) is 12.4 Å². The Bertz CT molecular complexity index is 449. The number of hydrogen-bond donors (Lipinski definition) is 2. The molecule has 1 saturated carbocycles. The highest BCUT2D eigenvalue weighted by Gasteiger charge is 2.50. The van der Waals surface area contributed by atoms with Gasteiger partial charge in [-0.25, -0.2) is 0 Å². The minimum Gasteiger partial charge on any atom is -0.383 e. The van der Waals surface area contributed by atoms with Crippen LogP contribution < -0.4 is 10.6 Å². The Labute approximate surface area is 140 Å². The maximum absolute atomic E-state index is 12.3. The summed E-state index contributed by atoms with van der Waals surface area (Å²) in [4.78, 5) is 12.3. The van der Waals surface area contributed by atoms with E-state index in [9.17, 15) is 4.79 Å². The molecule has 1 fully saturated rings. The number of nitrogens with one attached hydrogen (secondary N) is 2. The lowest BCUT2D eigenvalue weighted by Crippen LogP contribution is -2.39. The molecule has 1 amide bonds. The Morgan fingerprint density at radius 2 is 1.90 bits per heavy atom. The highest BCUT2D eigenvalue weighted by atomic mass is 79.9. The van der Waals surface area contributed by atoms with Gasteiger partial charge in [-0.3, -0.25) is 4.79 Å². The molecule has 0 heterocycles. The summed E-state index contributed by atoms with van der Waals surface area (Å²) in [6.07, 6.45) is 1.88. The van der Waals surface area contributed by atoms with E-state index in [1.165, 1.54) is 0 Å². The zero-order valence-electron chi connectivity index (χ0n) is 12.2. The summed E-state index contributed by atoms with van der Waals surface area (Å²) in [6.45, 7) is 2.92. The predicted octanol–water partition coefficient (Wildman–Crippen LogP) is 2.25. The van der Waals surface area contributed by atoms with Crippen molar-refractivity contribution in [2.75, 3.05) is 33.4 Å². The highest BCUT2D eigenvalue weighted by Crippen LogP contribution is 2.48. The molecule has 0 spiro atoms. The van der Waals surface area contributed by atoms with E-state index >= 15 is 0 Å². The molecule has 0 saturated heterocycles. The monoisotopic (exact) mass is 376 g/mol. The van der Waals surface area contributed by atoms with Crippen molar-refractivity contribution in [1.82, 2.24) is 10.6 Å². The Hall–Kier alpha value is -0.620. The van der Waals surface area contributed by atoms with Gasteiger partial charge in [0.15, 0.2) is 0 Å². The van der Waals surface area contributed by atoms with Crippen molar-refractivity contribution in [3.8, 4) is 0 Å². The largest absolute Gasteiger partial charge is 0.383 e. The molecule has 21 heavy (non-hydrogen) atoms. The van der Waals surface area contributed by atoms with Crippen LogP contribution in [0.3, 0.4) is 0 Å². The number of halogens is 2. The lowest BCUT2D eigenvalue weighted by Gasteiger charge is -2.16. The van der Waals surface area contributed by atoms with Gasteiger partial charge in [-0.1, -0.05) is 28.1 Å². The lowest BCUT2D eigenvalue weighted by atomic mass is 9.95. The van der Waals surface area contributed by atoms with Gasteiger partial charge < -0.3 is 15.4 Å². The smallest absolute Gasteiger partial charge is 0.230 e. The fraction of sp³-hybridized carbons (Fsp3) is 0.533. The van der Waals surface area contributed by atoms with E-state index in [-0.39, 0.29) is 23.7 Å². The topological polar surface area (TPSA) is 50.4 Å². The molecule has 2 N–H and O–H groups in total. The fourth-order valence-electron chi connectivity index (χ4n) is 2.27. The minimum atomic E-state index is -0.284. The van der Waals surface area contributed by atoms with Crippen molar-refractivity contribution in [1.29, 1.82) is 0 Å². The molecule has 0 radical (unpaired) electrons. The van der Waals surface area contributed by atoms with Crippen LogP contribution in [0.1, 0.15) is 18.4 Å². The first kappa shape index (κ1) is 18.4. The quantitative estimate of drug-likeness (QED) is 0.683. The van der Waals surface area contributed by atoms with Gasteiger partial charge in [0.05, 0.1) is 12.0 Å². The third-order valence-electron chi connectivity index (χ3n) is 3.65. The molecule has 6 heteroatoms. The minimum absolute atomic E-state index is 0. The van der Waals surface area contributed by atoms with Gasteiger partial charge in [0, 0.05) is 31.2 Å². The molecule has 0 aliphatic heterocycles. The van der Waals surface area contributed by atoms with Gasteiger partial charge in [0.25, 0.3) is 0 Å². The van der Waals surface area contributed by atoms with Crippen molar-refractivity contribution in [3.63, 3.8) is 0 Å². The molecule has 0 bridgehead atoms. The summed E-state index contributed by atoms with van der Waals surface area (Å²) in [7, 11) is 1.68. The zero-order chi connectivity index (χ0) is 14.4. The third kappa shape index (κ3) is 4.95.